The van der Waals surface area contributed by atoms with Gasteiger partial charge in [0.25, 0.3) is 0 Å². The van der Waals surface area contributed by atoms with Crippen molar-refractivity contribution in [1.29, 1.82) is 0 Å². The summed E-state index contributed by atoms with van der Waals surface area (Å²) in [5, 5.41) is -0.917. The Balaban J connectivity index is 1.76. The van der Waals surface area contributed by atoms with Gasteiger partial charge in [-0.1, -0.05) is 35.9 Å². The van der Waals surface area contributed by atoms with E-state index in [1.54, 1.807) is 42.5 Å². The van der Waals surface area contributed by atoms with Crippen molar-refractivity contribution in [3.8, 4) is 0 Å². The van der Waals surface area contributed by atoms with E-state index < -0.39 is 43.1 Å². The van der Waals surface area contributed by atoms with Crippen LogP contribution < -0.4 is 0 Å². The van der Waals surface area contributed by atoms with E-state index in [4.69, 9.17) is 0 Å². The van der Waals surface area contributed by atoms with Crippen molar-refractivity contribution >= 4 is 25.6 Å². The predicted molar refractivity (Wildman–Crippen MR) is 113 cm³/mol. The zero-order valence-corrected chi connectivity index (χ0v) is 18.6. The maximum atomic E-state index is 13.4. The molecule has 0 N–H and O–H groups in total. The molecule has 0 saturated carbocycles. The zero-order valence-electron chi connectivity index (χ0n) is 16.9. The van der Waals surface area contributed by atoms with Crippen LogP contribution in [0.5, 0.6) is 0 Å². The number of carbonyl (C=O) groups excluding carboxylic acids is 1. The van der Waals surface area contributed by atoms with E-state index in [1.807, 2.05) is 6.92 Å². The van der Waals surface area contributed by atoms with Gasteiger partial charge in [-0.3, -0.25) is 4.79 Å². The molecule has 2 aromatic carbocycles. The van der Waals surface area contributed by atoms with Crippen molar-refractivity contribution in [3.63, 3.8) is 0 Å². The van der Waals surface area contributed by atoms with Crippen LogP contribution in [0.25, 0.3) is 0 Å². The fraction of sp³-hybridized carbons (Fsp3) is 0.409. The third-order valence-corrected chi connectivity index (χ3v) is 10.5. The summed E-state index contributed by atoms with van der Waals surface area (Å²) < 4.78 is 55.0. The minimum atomic E-state index is -3.83. The average Bonchev–Trinajstić information content (AvgIpc) is 3.03. The molecule has 2 aromatic rings. The zero-order chi connectivity index (χ0) is 21.7. The van der Waals surface area contributed by atoms with E-state index in [2.05, 4.69) is 0 Å². The van der Waals surface area contributed by atoms with Gasteiger partial charge in [0.05, 0.1) is 21.0 Å². The molecule has 0 radical (unpaired) electrons. The molecule has 2 bridgehead atoms. The third kappa shape index (κ3) is 3.40. The van der Waals surface area contributed by atoms with Gasteiger partial charge in [0.1, 0.15) is 5.78 Å². The number of hydrogen-bond acceptors (Lipinski definition) is 5. The quantitative estimate of drug-likeness (QED) is 0.703. The number of piperidine rings is 1. The highest BCUT2D eigenvalue weighted by Gasteiger charge is 2.56. The minimum Gasteiger partial charge on any atom is -0.300 e. The molecule has 6 nitrogen and oxygen atoms in total. The molecule has 30 heavy (non-hydrogen) atoms. The second kappa shape index (κ2) is 7.59. The number of aryl methyl sites for hydroxylation is 1. The summed E-state index contributed by atoms with van der Waals surface area (Å²) >= 11 is 0. The van der Waals surface area contributed by atoms with Crippen LogP contribution in [0.2, 0.25) is 0 Å². The number of benzene rings is 2. The molecule has 4 atom stereocenters. The van der Waals surface area contributed by atoms with Crippen LogP contribution >= 0.6 is 0 Å². The predicted octanol–water partition coefficient (Wildman–Crippen LogP) is 2.97. The van der Waals surface area contributed by atoms with Gasteiger partial charge < -0.3 is 0 Å². The molecule has 2 heterocycles. The third-order valence-electron chi connectivity index (χ3n) is 6.34. The maximum absolute atomic E-state index is 13.4. The van der Waals surface area contributed by atoms with Crippen LogP contribution in [-0.2, 0) is 24.7 Å². The molecule has 2 saturated heterocycles. The number of fused-ring (bicyclic) bond motifs is 2. The number of sulfone groups is 1. The highest BCUT2D eigenvalue weighted by molar-refractivity contribution is 7.92. The second-order valence-corrected chi connectivity index (χ2v) is 12.2. The van der Waals surface area contributed by atoms with Crippen molar-refractivity contribution in [3.05, 3.63) is 60.2 Å². The number of sulfonamides is 1. The molecule has 0 aliphatic carbocycles. The highest BCUT2D eigenvalue weighted by Crippen LogP contribution is 2.46. The molecule has 160 valence electrons. The molecular formula is C22H25NO5S2. The topological polar surface area (TPSA) is 88.6 Å². The van der Waals surface area contributed by atoms with Crippen molar-refractivity contribution < 1.29 is 21.6 Å². The number of rotatable bonds is 5. The molecule has 2 aliphatic heterocycles. The van der Waals surface area contributed by atoms with E-state index >= 15 is 0 Å². The van der Waals surface area contributed by atoms with Crippen LogP contribution in [0.15, 0.2) is 64.4 Å². The fourth-order valence-corrected chi connectivity index (χ4v) is 8.98. The molecule has 2 aliphatic rings. The normalized spacial score (nSPS) is 27.1. The Morgan fingerprint density at radius 3 is 2.13 bits per heavy atom. The number of Topliss-reactive ketones (excluding diaryl/α,β-unsaturated/α-hetero) is 1. The van der Waals surface area contributed by atoms with Crippen LogP contribution in [0.4, 0.5) is 0 Å². The van der Waals surface area contributed by atoms with Gasteiger partial charge in [0.2, 0.25) is 10.0 Å². The first-order valence-corrected chi connectivity index (χ1v) is 13.0. The monoisotopic (exact) mass is 447 g/mol. The Hall–Kier alpha value is -2.03. The number of carbonyl (C=O) groups is 1. The van der Waals surface area contributed by atoms with Crippen LogP contribution in [-0.4, -0.2) is 44.3 Å². The molecule has 0 spiro atoms. The summed E-state index contributed by atoms with van der Waals surface area (Å²) in [7, 11) is -7.59. The van der Waals surface area contributed by atoms with E-state index in [-0.39, 0.29) is 22.0 Å². The molecule has 8 heteroatoms. The van der Waals surface area contributed by atoms with E-state index in [0.717, 1.165) is 5.56 Å². The Bertz CT molecular complexity index is 1160. The second-order valence-electron chi connectivity index (χ2n) is 8.22. The Kier molecular flexibility index (Phi) is 5.36. The summed E-state index contributed by atoms with van der Waals surface area (Å²) in [5.74, 6) is -1.16. The van der Waals surface area contributed by atoms with Gasteiger partial charge in [-0.25, -0.2) is 16.8 Å². The van der Waals surface area contributed by atoms with Gasteiger partial charge in [-0.15, -0.1) is 0 Å². The average molecular weight is 448 g/mol. The molecule has 0 aromatic heterocycles. The van der Waals surface area contributed by atoms with Gasteiger partial charge >= 0.3 is 0 Å². The smallest absolute Gasteiger partial charge is 0.243 e. The van der Waals surface area contributed by atoms with Gasteiger partial charge in [0.15, 0.2) is 9.84 Å². The lowest BCUT2D eigenvalue weighted by atomic mass is 9.88. The standard InChI is InChI=1S/C22H25NO5S2/c1-15-8-11-19(12-9-15)30(27,28)23-17-10-13-20(23)22(16(2)24)21(14-17)29(25,26)18-6-4-3-5-7-18/h3-9,11-12,17,20-22H,10,13-14H2,1-2H3/t17-,20+,21?,22?/m1/s1. The number of hydrogen-bond donors (Lipinski definition) is 0. The molecule has 2 unspecified atom stereocenters. The minimum absolute atomic E-state index is 0.128. The number of ketones is 1. The SMILES string of the molecule is CC(=O)C1C(S(=O)(=O)c2ccccc2)C[C@H]2CC[C@@H]1N2S(=O)(=O)c1ccc(C)cc1. The van der Waals surface area contributed by atoms with E-state index in [0.29, 0.717) is 12.8 Å². The summed E-state index contributed by atoms with van der Waals surface area (Å²) in [6.45, 7) is 3.25. The molecular weight excluding hydrogens is 422 g/mol. The summed E-state index contributed by atoms with van der Waals surface area (Å²) in [5.41, 5.74) is 0.950. The van der Waals surface area contributed by atoms with Crippen LogP contribution in [0.3, 0.4) is 0 Å². The lowest BCUT2D eigenvalue weighted by Crippen LogP contribution is -2.57. The van der Waals surface area contributed by atoms with Crippen LogP contribution in [0, 0.1) is 12.8 Å². The first kappa shape index (κ1) is 21.2. The van der Waals surface area contributed by atoms with Crippen LogP contribution in [0.1, 0.15) is 31.7 Å². The lowest BCUT2D eigenvalue weighted by Gasteiger charge is -2.42. The van der Waals surface area contributed by atoms with Crippen molar-refractivity contribution in [2.45, 2.75) is 60.2 Å². The van der Waals surface area contributed by atoms with Crippen molar-refractivity contribution in [2.24, 2.45) is 5.92 Å². The molecule has 0 amide bonds. The first-order valence-electron chi connectivity index (χ1n) is 10.0. The Morgan fingerprint density at radius 1 is 0.900 bits per heavy atom. The summed E-state index contributed by atoms with van der Waals surface area (Å²) in [4.78, 5) is 13.0. The van der Waals surface area contributed by atoms with Gasteiger partial charge in [-0.2, -0.15) is 4.31 Å². The Labute approximate surface area is 177 Å². The van der Waals surface area contributed by atoms with E-state index in [9.17, 15) is 21.6 Å². The Morgan fingerprint density at radius 2 is 1.53 bits per heavy atom. The number of nitrogens with zero attached hydrogens (tertiary/aromatic N) is 1. The van der Waals surface area contributed by atoms with E-state index in [1.165, 1.54) is 23.4 Å². The fourth-order valence-electron chi connectivity index (χ4n) is 4.95. The summed E-state index contributed by atoms with van der Waals surface area (Å²) in [6.07, 6.45) is 1.17. The van der Waals surface area contributed by atoms with Gasteiger partial charge in [0, 0.05) is 12.1 Å². The first-order chi connectivity index (χ1) is 14.1. The molecule has 4 rings (SSSR count). The molecule has 2 fully saturated rings. The largest absolute Gasteiger partial charge is 0.300 e. The highest BCUT2D eigenvalue weighted by atomic mass is 32.2. The summed E-state index contributed by atoms with van der Waals surface area (Å²) in [6, 6.07) is 13.7. The maximum Gasteiger partial charge on any atom is 0.243 e. The van der Waals surface area contributed by atoms with Crippen molar-refractivity contribution in [2.75, 3.05) is 0 Å². The van der Waals surface area contributed by atoms with Gasteiger partial charge in [-0.05, 0) is 57.4 Å². The lowest BCUT2D eigenvalue weighted by molar-refractivity contribution is -0.122. The van der Waals surface area contributed by atoms with Crippen molar-refractivity contribution in [1.82, 2.24) is 4.31 Å².